The predicted octanol–water partition coefficient (Wildman–Crippen LogP) is 3.74. The standard InChI is InChI=1S/C19H22N2O3S/c1-13(21-18(23)24-19(2,3)4)14-7-9-15(10-8-14)17-16(6-5-11-22)20-12-25-17/h7-10,12-13,22H,11H2,1-4H3,(H,21,23). The summed E-state index contributed by atoms with van der Waals surface area (Å²) in [5.41, 5.74) is 3.84. The molecule has 1 amide bonds. The molecule has 1 heterocycles. The number of carbonyl (C=O) groups is 1. The maximum atomic E-state index is 11.9. The normalized spacial score (nSPS) is 12.0. The topological polar surface area (TPSA) is 71.5 Å². The fraction of sp³-hybridized carbons (Fsp3) is 0.368. The van der Waals surface area contributed by atoms with Gasteiger partial charge in [0, 0.05) is 0 Å². The number of ether oxygens (including phenoxy) is 1. The number of amides is 1. The van der Waals surface area contributed by atoms with E-state index in [1.807, 2.05) is 52.0 Å². The van der Waals surface area contributed by atoms with Crippen LogP contribution in [-0.4, -0.2) is 28.4 Å². The zero-order chi connectivity index (χ0) is 18.4. The Morgan fingerprint density at radius 2 is 2.04 bits per heavy atom. The summed E-state index contributed by atoms with van der Waals surface area (Å²) in [4.78, 5) is 17.0. The Morgan fingerprint density at radius 3 is 2.64 bits per heavy atom. The maximum absolute atomic E-state index is 11.9. The smallest absolute Gasteiger partial charge is 0.408 e. The minimum atomic E-state index is -0.522. The van der Waals surface area contributed by atoms with Crippen LogP contribution in [0.3, 0.4) is 0 Å². The van der Waals surface area contributed by atoms with Crippen LogP contribution >= 0.6 is 11.3 Å². The van der Waals surface area contributed by atoms with Gasteiger partial charge in [0.15, 0.2) is 0 Å². The van der Waals surface area contributed by atoms with Crippen LogP contribution in [0, 0.1) is 11.8 Å². The van der Waals surface area contributed by atoms with Gasteiger partial charge in [-0.15, -0.1) is 11.3 Å². The first-order valence-corrected chi connectivity index (χ1v) is 8.81. The first-order chi connectivity index (χ1) is 11.8. The molecule has 0 fully saturated rings. The molecule has 132 valence electrons. The van der Waals surface area contributed by atoms with Gasteiger partial charge in [-0.25, -0.2) is 9.78 Å². The second-order valence-electron chi connectivity index (χ2n) is 6.48. The van der Waals surface area contributed by atoms with Crippen LogP contribution in [0.2, 0.25) is 0 Å². The Kier molecular flexibility index (Phi) is 6.18. The number of hydrogen-bond donors (Lipinski definition) is 2. The highest BCUT2D eigenvalue weighted by Crippen LogP contribution is 2.28. The van der Waals surface area contributed by atoms with Gasteiger partial charge in [-0.2, -0.15) is 0 Å². The molecule has 0 aliphatic rings. The fourth-order valence-electron chi connectivity index (χ4n) is 2.15. The number of aliphatic hydroxyl groups is 1. The highest BCUT2D eigenvalue weighted by Gasteiger charge is 2.18. The maximum Gasteiger partial charge on any atom is 0.408 e. The Labute approximate surface area is 152 Å². The Hall–Kier alpha value is -2.36. The molecule has 0 saturated carbocycles. The molecule has 2 N–H and O–H groups in total. The fourth-order valence-corrected chi connectivity index (χ4v) is 2.91. The van der Waals surface area contributed by atoms with Crippen molar-refractivity contribution in [2.45, 2.75) is 39.3 Å². The third kappa shape index (κ3) is 5.59. The van der Waals surface area contributed by atoms with Crippen molar-refractivity contribution in [2.75, 3.05) is 6.61 Å². The largest absolute Gasteiger partial charge is 0.444 e. The molecule has 0 spiro atoms. The van der Waals surface area contributed by atoms with Crippen LogP contribution < -0.4 is 5.32 Å². The lowest BCUT2D eigenvalue weighted by atomic mass is 10.0. The van der Waals surface area contributed by atoms with Gasteiger partial charge in [-0.3, -0.25) is 0 Å². The van der Waals surface area contributed by atoms with Gasteiger partial charge in [0.2, 0.25) is 0 Å². The molecule has 1 aromatic carbocycles. The number of aliphatic hydroxyl groups excluding tert-OH is 1. The van der Waals surface area contributed by atoms with E-state index in [0.29, 0.717) is 5.69 Å². The highest BCUT2D eigenvalue weighted by molar-refractivity contribution is 7.13. The first kappa shape index (κ1) is 19.0. The molecule has 1 atom stereocenters. The molecule has 2 aromatic rings. The zero-order valence-corrected chi connectivity index (χ0v) is 15.6. The highest BCUT2D eigenvalue weighted by atomic mass is 32.1. The van der Waals surface area contributed by atoms with Gasteiger partial charge in [-0.05, 0) is 44.7 Å². The summed E-state index contributed by atoms with van der Waals surface area (Å²) in [5, 5.41) is 11.6. The molecule has 0 saturated heterocycles. The molecule has 0 aliphatic carbocycles. The summed E-state index contributed by atoms with van der Waals surface area (Å²) in [7, 11) is 0. The molecule has 5 nitrogen and oxygen atoms in total. The molecular formula is C19H22N2O3S. The number of nitrogens with one attached hydrogen (secondary N) is 1. The Morgan fingerprint density at radius 1 is 1.36 bits per heavy atom. The van der Waals surface area contributed by atoms with Crippen LogP contribution in [0.15, 0.2) is 29.8 Å². The minimum absolute atomic E-state index is 0.168. The van der Waals surface area contributed by atoms with Crippen molar-refractivity contribution >= 4 is 17.4 Å². The summed E-state index contributed by atoms with van der Waals surface area (Å²) in [6, 6.07) is 7.69. The van der Waals surface area contributed by atoms with Crippen molar-refractivity contribution in [1.82, 2.24) is 10.3 Å². The van der Waals surface area contributed by atoms with E-state index in [0.717, 1.165) is 16.0 Å². The average molecular weight is 358 g/mol. The third-order valence-corrected chi connectivity index (χ3v) is 4.13. The number of carbonyl (C=O) groups excluding carboxylic acids is 1. The number of benzene rings is 1. The van der Waals surface area contributed by atoms with E-state index in [1.54, 1.807) is 5.51 Å². The number of alkyl carbamates (subject to hydrolysis) is 1. The van der Waals surface area contributed by atoms with E-state index in [-0.39, 0.29) is 12.6 Å². The van der Waals surface area contributed by atoms with E-state index < -0.39 is 11.7 Å². The second kappa shape index (κ2) is 8.15. The van der Waals surface area contributed by atoms with E-state index >= 15 is 0 Å². The van der Waals surface area contributed by atoms with E-state index in [9.17, 15) is 4.79 Å². The van der Waals surface area contributed by atoms with Gasteiger partial charge in [0.25, 0.3) is 0 Å². The molecule has 6 heteroatoms. The second-order valence-corrected chi connectivity index (χ2v) is 7.33. The van der Waals surface area contributed by atoms with E-state index in [1.165, 1.54) is 11.3 Å². The number of aromatic nitrogens is 1. The van der Waals surface area contributed by atoms with Crippen LogP contribution in [0.4, 0.5) is 4.79 Å². The zero-order valence-electron chi connectivity index (χ0n) is 14.8. The van der Waals surface area contributed by atoms with Crippen LogP contribution in [0.25, 0.3) is 10.4 Å². The van der Waals surface area contributed by atoms with Crippen molar-refractivity contribution < 1.29 is 14.6 Å². The molecule has 0 radical (unpaired) electrons. The van der Waals surface area contributed by atoms with Gasteiger partial charge in [0.05, 0.1) is 16.4 Å². The molecule has 2 rings (SSSR count). The summed E-state index contributed by atoms with van der Waals surface area (Å²) in [6.07, 6.45) is -0.437. The van der Waals surface area contributed by atoms with Crippen LogP contribution in [-0.2, 0) is 4.74 Å². The summed E-state index contributed by atoms with van der Waals surface area (Å²) < 4.78 is 5.27. The van der Waals surface area contributed by atoms with Gasteiger partial charge in [0.1, 0.15) is 17.9 Å². The average Bonchev–Trinajstić information content (AvgIpc) is 2.99. The molecule has 25 heavy (non-hydrogen) atoms. The SMILES string of the molecule is CC(NC(=O)OC(C)(C)C)c1ccc(-c2scnc2C#CCO)cc1. The first-order valence-electron chi connectivity index (χ1n) is 7.93. The van der Waals surface area contributed by atoms with Crippen molar-refractivity contribution in [3.05, 3.63) is 41.0 Å². The lowest BCUT2D eigenvalue weighted by molar-refractivity contribution is 0.0508. The number of nitrogens with zero attached hydrogens (tertiary/aromatic N) is 1. The molecular weight excluding hydrogens is 336 g/mol. The Balaban J connectivity index is 2.10. The molecule has 0 bridgehead atoms. The lowest BCUT2D eigenvalue weighted by Gasteiger charge is -2.22. The van der Waals surface area contributed by atoms with Crippen molar-refractivity contribution in [2.24, 2.45) is 0 Å². The molecule has 1 unspecified atom stereocenters. The van der Waals surface area contributed by atoms with Gasteiger partial charge < -0.3 is 15.2 Å². The lowest BCUT2D eigenvalue weighted by Crippen LogP contribution is -2.34. The quantitative estimate of drug-likeness (QED) is 0.820. The summed E-state index contributed by atoms with van der Waals surface area (Å²) in [5.74, 6) is 5.47. The van der Waals surface area contributed by atoms with Crippen molar-refractivity contribution in [1.29, 1.82) is 0 Å². The van der Waals surface area contributed by atoms with Crippen LogP contribution in [0.5, 0.6) is 0 Å². The van der Waals surface area contributed by atoms with E-state index in [2.05, 4.69) is 22.1 Å². The van der Waals surface area contributed by atoms with Gasteiger partial charge >= 0.3 is 6.09 Å². The Bertz CT molecular complexity index is 779. The summed E-state index contributed by atoms with van der Waals surface area (Å²) >= 11 is 1.50. The summed E-state index contributed by atoms with van der Waals surface area (Å²) in [6.45, 7) is 7.21. The number of thiazole rings is 1. The minimum Gasteiger partial charge on any atom is -0.444 e. The monoisotopic (exact) mass is 358 g/mol. The molecule has 1 aromatic heterocycles. The number of rotatable bonds is 3. The van der Waals surface area contributed by atoms with Crippen LogP contribution in [0.1, 0.15) is 45.0 Å². The third-order valence-electron chi connectivity index (χ3n) is 3.26. The molecule has 0 aliphatic heterocycles. The van der Waals surface area contributed by atoms with Crippen molar-refractivity contribution in [3.8, 4) is 22.3 Å². The number of hydrogen-bond acceptors (Lipinski definition) is 5. The van der Waals surface area contributed by atoms with E-state index in [4.69, 9.17) is 9.84 Å². The van der Waals surface area contributed by atoms with Gasteiger partial charge in [-0.1, -0.05) is 30.2 Å². The predicted molar refractivity (Wildman–Crippen MR) is 99.3 cm³/mol. The van der Waals surface area contributed by atoms with Crippen molar-refractivity contribution in [3.63, 3.8) is 0 Å².